The van der Waals surface area contributed by atoms with Gasteiger partial charge >= 0.3 is 0 Å². The third-order valence-corrected chi connectivity index (χ3v) is 9.11. The predicted octanol–water partition coefficient (Wildman–Crippen LogP) is 11.5. The van der Waals surface area contributed by atoms with Crippen molar-refractivity contribution >= 4 is 22.4 Å². The molecular formula is C43H37N. The third kappa shape index (κ3) is 5.66. The highest BCUT2D eigenvalue weighted by Gasteiger charge is 2.15. The van der Waals surface area contributed by atoms with Crippen LogP contribution in [-0.2, 0) is 0 Å². The number of hydrogen-bond acceptors (Lipinski definition) is 1. The lowest BCUT2D eigenvalue weighted by Crippen LogP contribution is -2.03. The monoisotopic (exact) mass is 567 g/mol. The molecule has 3 aliphatic rings. The topological polar surface area (TPSA) is 12.9 Å². The molecule has 0 aliphatic heterocycles. The molecule has 1 heteroatoms. The number of aromatic nitrogens is 1. The van der Waals surface area contributed by atoms with Gasteiger partial charge in [-0.3, -0.25) is 0 Å². The van der Waals surface area contributed by atoms with Crippen LogP contribution in [-0.4, -0.2) is 4.98 Å². The molecule has 1 heterocycles. The summed E-state index contributed by atoms with van der Waals surface area (Å²) in [5.41, 5.74) is 13.5. The maximum Gasteiger partial charge on any atom is 0.0787 e. The average molecular weight is 568 g/mol. The van der Waals surface area contributed by atoms with Gasteiger partial charge in [0.05, 0.1) is 11.4 Å². The summed E-state index contributed by atoms with van der Waals surface area (Å²) in [6.07, 6.45) is 17.1. The second-order valence-corrected chi connectivity index (χ2v) is 12.2. The van der Waals surface area contributed by atoms with Crippen molar-refractivity contribution in [1.29, 1.82) is 0 Å². The molecule has 0 radical (unpaired) electrons. The van der Waals surface area contributed by atoms with E-state index in [4.69, 9.17) is 4.98 Å². The molecule has 2 atom stereocenters. The van der Waals surface area contributed by atoms with Gasteiger partial charge in [0.15, 0.2) is 0 Å². The molecule has 0 amide bonds. The standard InChI is InChI=1S/C43H37N/c1-29-8-4-5-9-33(29)14-12-30(2)34-16-21-37(22-17-34)42-28-40-10-6-7-11-41(40)43(44-42)38-23-19-36(20-24-38)39-25-18-35-15-13-32(27-39)26-31(35)3/h4-25,27-28,30,32H,26H2,1-3H3/b14-12-,25-18-,39-27+. The van der Waals surface area contributed by atoms with Crippen molar-refractivity contribution in [2.24, 2.45) is 5.92 Å². The van der Waals surface area contributed by atoms with E-state index in [0.717, 1.165) is 28.9 Å². The minimum absolute atomic E-state index is 0.317. The van der Waals surface area contributed by atoms with E-state index in [1.165, 1.54) is 49.7 Å². The van der Waals surface area contributed by atoms with Crippen molar-refractivity contribution in [2.45, 2.75) is 33.1 Å². The van der Waals surface area contributed by atoms with Gasteiger partial charge in [-0.1, -0.05) is 152 Å². The molecule has 0 spiro atoms. The lowest BCUT2D eigenvalue weighted by Gasteiger charge is -2.20. The fraction of sp³-hybridized carbons (Fsp3) is 0.140. The lowest BCUT2D eigenvalue weighted by molar-refractivity contribution is 0.776. The number of pyridine rings is 1. The molecule has 214 valence electrons. The van der Waals surface area contributed by atoms with Gasteiger partial charge in [-0.2, -0.15) is 0 Å². The van der Waals surface area contributed by atoms with E-state index in [9.17, 15) is 0 Å². The number of aryl methyl sites for hydroxylation is 1. The van der Waals surface area contributed by atoms with Gasteiger partial charge in [0, 0.05) is 16.5 Å². The molecule has 2 unspecified atom stereocenters. The van der Waals surface area contributed by atoms with Crippen molar-refractivity contribution in [1.82, 2.24) is 4.98 Å². The van der Waals surface area contributed by atoms with Crippen molar-refractivity contribution in [3.8, 4) is 22.5 Å². The van der Waals surface area contributed by atoms with Crippen LogP contribution in [0.25, 0.3) is 44.9 Å². The molecule has 5 aromatic rings. The van der Waals surface area contributed by atoms with E-state index < -0.39 is 0 Å². The van der Waals surface area contributed by atoms with Gasteiger partial charge in [0.25, 0.3) is 0 Å². The van der Waals surface area contributed by atoms with E-state index >= 15 is 0 Å². The van der Waals surface area contributed by atoms with Crippen LogP contribution in [0.1, 0.15) is 48.4 Å². The first-order chi connectivity index (χ1) is 21.5. The van der Waals surface area contributed by atoms with Crippen LogP contribution in [0.15, 0.2) is 151 Å². The summed E-state index contributed by atoms with van der Waals surface area (Å²) < 4.78 is 0. The summed E-state index contributed by atoms with van der Waals surface area (Å²) in [4.78, 5) is 5.25. The summed E-state index contributed by atoms with van der Waals surface area (Å²) in [7, 11) is 0. The summed E-state index contributed by atoms with van der Waals surface area (Å²) in [5, 5.41) is 2.37. The normalized spacial score (nSPS) is 18.7. The second-order valence-electron chi connectivity index (χ2n) is 12.2. The fourth-order valence-electron chi connectivity index (χ4n) is 6.36. The van der Waals surface area contributed by atoms with Crippen LogP contribution in [0.5, 0.6) is 0 Å². The molecule has 0 fully saturated rings. The molecule has 0 N–H and O–H groups in total. The number of rotatable bonds is 6. The van der Waals surface area contributed by atoms with Gasteiger partial charge in [-0.05, 0) is 77.0 Å². The Morgan fingerprint density at radius 1 is 0.750 bits per heavy atom. The van der Waals surface area contributed by atoms with Crippen LogP contribution in [0.4, 0.5) is 0 Å². The average Bonchev–Trinajstić information content (AvgIpc) is 3.05. The highest BCUT2D eigenvalue weighted by molar-refractivity contribution is 5.97. The molecule has 8 rings (SSSR count). The highest BCUT2D eigenvalue weighted by Crippen LogP contribution is 2.35. The second kappa shape index (κ2) is 11.9. The van der Waals surface area contributed by atoms with E-state index in [1.807, 2.05) is 0 Å². The van der Waals surface area contributed by atoms with E-state index in [2.05, 4.69) is 166 Å². The smallest absolute Gasteiger partial charge is 0.0787 e. The summed E-state index contributed by atoms with van der Waals surface area (Å²) in [5.74, 6) is 0.774. The van der Waals surface area contributed by atoms with E-state index in [1.54, 1.807) is 0 Å². The molecule has 0 saturated heterocycles. The molecule has 1 nitrogen and oxygen atoms in total. The van der Waals surface area contributed by atoms with Gasteiger partial charge in [-0.25, -0.2) is 4.98 Å². The Labute approximate surface area is 261 Å². The van der Waals surface area contributed by atoms with Gasteiger partial charge < -0.3 is 0 Å². The Balaban J connectivity index is 1.18. The van der Waals surface area contributed by atoms with Crippen molar-refractivity contribution in [3.05, 3.63) is 173 Å². The Bertz CT molecular complexity index is 2000. The largest absolute Gasteiger partial charge is 0.247 e. The van der Waals surface area contributed by atoms with E-state index in [0.29, 0.717) is 11.8 Å². The Morgan fingerprint density at radius 3 is 2.27 bits per heavy atom. The first-order valence-corrected chi connectivity index (χ1v) is 15.6. The van der Waals surface area contributed by atoms with Gasteiger partial charge in [-0.15, -0.1) is 0 Å². The fourth-order valence-corrected chi connectivity index (χ4v) is 6.36. The highest BCUT2D eigenvalue weighted by atomic mass is 14.7. The third-order valence-electron chi connectivity index (χ3n) is 9.11. The number of benzene rings is 4. The van der Waals surface area contributed by atoms with Crippen LogP contribution >= 0.6 is 0 Å². The molecule has 4 aromatic carbocycles. The Hall–Kier alpha value is -5.01. The molecule has 44 heavy (non-hydrogen) atoms. The number of hydrogen-bond donors (Lipinski definition) is 0. The summed E-state index contributed by atoms with van der Waals surface area (Å²) in [6, 6.07) is 37.2. The number of nitrogens with zero attached hydrogens (tertiary/aromatic N) is 1. The van der Waals surface area contributed by atoms with Crippen LogP contribution < -0.4 is 0 Å². The SMILES string of the molecule is CC1=C2C=CC(/C=C(c3ccc(-c4nc(-c5ccc(C(C)/C=C\c6ccccc6C)cc5)cc5ccccc45)cc3)\C=C/2)C1. The van der Waals surface area contributed by atoms with Crippen molar-refractivity contribution < 1.29 is 0 Å². The number of allylic oxidation sites excluding steroid dienone is 9. The Morgan fingerprint density at radius 2 is 1.48 bits per heavy atom. The molecular weight excluding hydrogens is 530 g/mol. The first-order valence-electron chi connectivity index (χ1n) is 15.6. The maximum absolute atomic E-state index is 5.25. The maximum atomic E-state index is 5.25. The molecule has 3 aliphatic carbocycles. The lowest BCUT2D eigenvalue weighted by atomic mass is 9.85. The Kier molecular flexibility index (Phi) is 7.54. The zero-order chi connectivity index (χ0) is 30.0. The molecule has 1 aromatic heterocycles. The summed E-state index contributed by atoms with van der Waals surface area (Å²) >= 11 is 0. The van der Waals surface area contributed by atoms with Gasteiger partial charge in [0.1, 0.15) is 0 Å². The minimum Gasteiger partial charge on any atom is -0.247 e. The molecule has 0 saturated carbocycles. The minimum atomic E-state index is 0.317. The van der Waals surface area contributed by atoms with Crippen molar-refractivity contribution in [2.75, 3.05) is 0 Å². The molecule has 2 bridgehead atoms. The first kappa shape index (κ1) is 27.8. The zero-order valence-corrected chi connectivity index (χ0v) is 25.7. The zero-order valence-electron chi connectivity index (χ0n) is 25.7. The number of fused-ring (bicyclic) bond motifs is 3. The quantitative estimate of drug-likeness (QED) is 0.199. The summed E-state index contributed by atoms with van der Waals surface area (Å²) in [6.45, 7) is 6.66. The predicted molar refractivity (Wildman–Crippen MR) is 188 cm³/mol. The van der Waals surface area contributed by atoms with Gasteiger partial charge in [0.2, 0.25) is 0 Å². The van der Waals surface area contributed by atoms with Crippen LogP contribution in [0.3, 0.4) is 0 Å². The van der Waals surface area contributed by atoms with Crippen LogP contribution in [0, 0.1) is 12.8 Å². The van der Waals surface area contributed by atoms with Crippen LogP contribution in [0.2, 0.25) is 0 Å². The van der Waals surface area contributed by atoms with E-state index in [-0.39, 0.29) is 0 Å². The van der Waals surface area contributed by atoms with Crippen molar-refractivity contribution in [3.63, 3.8) is 0 Å².